The van der Waals surface area contributed by atoms with E-state index >= 15 is 0 Å². The van der Waals surface area contributed by atoms with Crippen molar-refractivity contribution in [2.45, 2.75) is 0 Å². The fourth-order valence-corrected chi connectivity index (χ4v) is 2.30. The Hall–Kier alpha value is -2.28. The molecule has 0 fully saturated rings. The van der Waals surface area contributed by atoms with Crippen molar-refractivity contribution < 1.29 is 9.02 Å². The standard InChI is InChI=1S/C11H7FN4OS/c12-7-3-1-6(2-4-7)8-5-18-11(14-8)9-10(13)16-17-15-9/h1-5H,(H2,13,16). The van der Waals surface area contributed by atoms with Crippen LogP contribution in [0.5, 0.6) is 0 Å². The SMILES string of the molecule is Nc1nonc1-c1nc(-c2ccc(F)cc2)cs1. The number of nitrogen functional groups attached to an aromatic ring is 1. The van der Waals surface area contributed by atoms with E-state index in [0.29, 0.717) is 10.7 Å². The molecule has 5 nitrogen and oxygen atoms in total. The van der Waals surface area contributed by atoms with Crippen LogP contribution < -0.4 is 5.73 Å². The maximum Gasteiger partial charge on any atom is 0.198 e. The van der Waals surface area contributed by atoms with Crippen LogP contribution in [0.2, 0.25) is 0 Å². The highest BCUT2D eigenvalue weighted by Gasteiger charge is 2.14. The van der Waals surface area contributed by atoms with Crippen molar-refractivity contribution in [3.05, 3.63) is 35.5 Å². The molecule has 18 heavy (non-hydrogen) atoms. The molecule has 0 aliphatic heterocycles. The number of anilines is 1. The Morgan fingerprint density at radius 1 is 1.17 bits per heavy atom. The molecule has 0 bridgehead atoms. The molecule has 0 spiro atoms. The second-order valence-electron chi connectivity index (χ2n) is 3.54. The van der Waals surface area contributed by atoms with E-state index in [9.17, 15) is 4.39 Å². The molecule has 0 radical (unpaired) electrons. The molecule has 0 atom stereocenters. The quantitative estimate of drug-likeness (QED) is 0.768. The van der Waals surface area contributed by atoms with Gasteiger partial charge in [0.2, 0.25) is 0 Å². The van der Waals surface area contributed by atoms with Gasteiger partial charge < -0.3 is 5.73 Å². The van der Waals surface area contributed by atoms with Crippen LogP contribution in [0, 0.1) is 5.82 Å². The topological polar surface area (TPSA) is 77.8 Å². The number of nitrogens with zero attached hydrogens (tertiary/aromatic N) is 3. The highest BCUT2D eigenvalue weighted by Crippen LogP contribution is 2.29. The predicted molar refractivity (Wildman–Crippen MR) is 65.2 cm³/mol. The van der Waals surface area contributed by atoms with E-state index in [0.717, 1.165) is 11.3 Å². The lowest BCUT2D eigenvalue weighted by molar-refractivity contribution is 0.310. The van der Waals surface area contributed by atoms with E-state index in [1.54, 1.807) is 12.1 Å². The van der Waals surface area contributed by atoms with Crippen LogP contribution in [0.15, 0.2) is 34.3 Å². The van der Waals surface area contributed by atoms with E-state index in [1.165, 1.54) is 23.5 Å². The third kappa shape index (κ3) is 1.84. The van der Waals surface area contributed by atoms with E-state index in [-0.39, 0.29) is 11.6 Å². The average Bonchev–Trinajstić information content (AvgIpc) is 2.98. The van der Waals surface area contributed by atoms with Crippen LogP contribution in [-0.2, 0) is 0 Å². The number of hydrogen-bond acceptors (Lipinski definition) is 6. The Morgan fingerprint density at radius 2 is 1.94 bits per heavy atom. The predicted octanol–water partition coefficient (Wildman–Crippen LogP) is 2.58. The Labute approximate surface area is 105 Å². The smallest absolute Gasteiger partial charge is 0.198 e. The highest BCUT2D eigenvalue weighted by molar-refractivity contribution is 7.13. The summed E-state index contributed by atoms with van der Waals surface area (Å²) < 4.78 is 17.3. The van der Waals surface area contributed by atoms with Gasteiger partial charge in [-0.15, -0.1) is 11.3 Å². The van der Waals surface area contributed by atoms with Gasteiger partial charge in [0.25, 0.3) is 0 Å². The largest absolute Gasteiger partial charge is 0.379 e. The second kappa shape index (κ2) is 4.19. The third-order valence-corrected chi connectivity index (χ3v) is 3.21. The number of aromatic nitrogens is 3. The summed E-state index contributed by atoms with van der Waals surface area (Å²) >= 11 is 1.37. The second-order valence-corrected chi connectivity index (χ2v) is 4.40. The Morgan fingerprint density at radius 3 is 2.61 bits per heavy atom. The van der Waals surface area contributed by atoms with Gasteiger partial charge in [-0.3, -0.25) is 0 Å². The zero-order valence-corrected chi connectivity index (χ0v) is 9.82. The van der Waals surface area contributed by atoms with Crippen molar-refractivity contribution in [1.29, 1.82) is 0 Å². The van der Waals surface area contributed by atoms with Crippen molar-refractivity contribution in [3.8, 4) is 22.0 Å². The van der Waals surface area contributed by atoms with E-state index in [1.807, 2.05) is 5.38 Å². The monoisotopic (exact) mass is 262 g/mol. The van der Waals surface area contributed by atoms with Crippen LogP contribution in [-0.4, -0.2) is 15.3 Å². The van der Waals surface area contributed by atoms with Crippen molar-refractivity contribution in [3.63, 3.8) is 0 Å². The van der Waals surface area contributed by atoms with Gasteiger partial charge in [-0.25, -0.2) is 14.0 Å². The Kier molecular flexibility index (Phi) is 2.52. The maximum absolute atomic E-state index is 12.8. The minimum Gasteiger partial charge on any atom is -0.379 e. The molecule has 0 aliphatic rings. The van der Waals surface area contributed by atoms with Crippen molar-refractivity contribution in [2.24, 2.45) is 0 Å². The van der Waals surface area contributed by atoms with Gasteiger partial charge in [0, 0.05) is 10.9 Å². The molecule has 90 valence electrons. The molecule has 0 amide bonds. The molecule has 1 aromatic carbocycles. The molecule has 0 saturated heterocycles. The number of rotatable bonds is 2. The summed E-state index contributed by atoms with van der Waals surface area (Å²) in [5.74, 6) is -0.0749. The lowest BCUT2D eigenvalue weighted by atomic mass is 10.2. The average molecular weight is 262 g/mol. The van der Waals surface area contributed by atoms with Crippen molar-refractivity contribution >= 4 is 17.2 Å². The molecule has 2 aromatic heterocycles. The zero-order valence-electron chi connectivity index (χ0n) is 9.00. The maximum atomic E-state index is 12.8. The van der Waals surface area contributed by atoms with Crippen LogP contribution in [0.4, 0.5) is 10.2 Å². The minimum absolute atomic E-state index is 0.204. The summed E-state index contributed by atoms with van der Waals surface area (Å²) in [4.78, 5) is 4.37. The van der Waals surface area contributed by atoms with Gasteiger partial charge in [-0.1, -0.05) is 0 Å². The molecule has 3 aromatic rings. The summed E-state index contributed by atoms with van der Waals surface area (Å²) in [7, 11) is 0. The molecule has 0 saturated carbocycles. The molecule has 7 heteroatoms. The van der Waals surface area contributed by atoms with Crippen LogP contribution in [0.25, 0.3) is 22.0 Å². The fraction of sp³-hybridized carbons (Fsp3) is 0. The minimum atomic E-state index is -0.279. The number of nitrogens with two attached hydrogens (primary N) is 1. The highest BCUT2D eigenvalue weighted by atomic mass is 32.1. The van der Waals surface area contributed by atoms with Gasteiger partial charge >= 0.3 is 0 Å². The van der Waals surface area contributed by atoms with Gasteiger partial charge in [-0.05, 0) is 34.6 Å². The molecule has 2 heterocycles. The first-order valence-corrected chi connectivity index (χ1v) is 5.92. The first kappa shape index (κ1) is 10.8. The van der Waals surface area contributed by atoms with Gasteiger partial charge in [0.15, 0.2) is 11.5 Å². The summed E-state index contributed by atoms with van der Waals surface area (Å²) in [6.07, 6.45) is 0. The van der Waals surface area contributed by atoms with Gasteiger partial charge in [0.1, 0.15) is 10.8 Å². The Bertz CT molecular complexity index is 676. The van der Waals surface area contributed by atoms with Crippen LogP contribution >= 0.6 is 11.3 Å². The van der Waals surface area contributed by atoms with Crippen LogP contribution in [0.3, 0.4) is 0 Å². The summed E-state index contributed by atoms with van der Waals surface area (Å²) in [6, 6.07) is 6.11. The third-order valence-electron chi connectivity index (χ3n) is 2.36. The van der Waals surface area contributed by atoms with Gasteiger partial charge in [-0.2, -0.15) is 0 Å². The van der Waals surface area contributed by atoms with E-state index in [4.69, 9.17) is 5.73 Å². The van der Waals surface area contributed by atoms with Crippen molar-refractivity contribution in [1.82, 2.24) is 15.3 Å². The molecule has 2 N–H and O–H groups in total. The molecule has 0 unspecified atom stereocenters. The van der Waals surface area contributed by atoms with Gasteiger partial charge in [0.05, 0.1) is 5.69 Å². The molecular weight excluding hydrogens is 255 g/mol. The fourth-order valence-electron chi connectivity index (χ4n) is 1.48. The van der Waals surface area contributed by atoms with E-state index in [2.05, 4.69) is 19.9 Å². The number of benzene rings is 1. The lowest BCUT2D eigenvalue weighted by Crippen LogP contribution is -1.88. The summed E-state index contributed by atoms with van der Waals surface area (Å²) in [5, 5.41) is 9.64. The first-order valence-electron chi connectivity index (χ1n) is 5.04. The molecular formula is C11H7FN4OS. The van der Waals surface area contributed by atoms with E-state index < -0.39 is 0 Å². The normalized spacial score (nSPS) is 10.7. The molecule has 0 aliphatic carbocycles. The first-order chi connectivity index (χ1) is 8.74. The number of thiazole rings is 1. The van der Waals surface area contributed by atoms with Crippen molar-refractivity contribution in [2.75, 3.05) is 5.73 Å². The zero-order chi connectivity index (χ0) is 12.5. The number of hydrogen-bond donors (Lipinski definition) is 1. The summed E-state index contributed by atoms with van der Waals surface area (Å²) in [5.41, 5.74) is 7.58. The lowest BCUT2D eigenvalue weighted by Gasteiger charge is -1.95. The summed E-state index contributed by atoms with van der Waals surface area (Å²) in [6.45, 7) is 0. The Balaban J connectivity index is 1.99. The van der Waals surface area contributed by atoms with Crippen LogP contribution in [0.1, 0.15) is 0 Å². The number of halogens is 1. The molecule has 3 rings (SSSR count).